The first kappa shape index (κ1) is 23.6. The molecular formula is C20H29NO7. The van der Waals surface area contributed by atoms with Gasteiger partial charge in [0, 0.05) is 25.7 Å². The van der Waals surface area contributed by atoms with Crippen molar-refractivity contribution in [1.82, 2.24) is 4.90 Å². The Morgan fingerprint density at radius 3 is 2.07 bits per heavy atom. The van der Waals surface area contributed by atoms with Crippen LogP contribution in [-0.2, 0) is 19.1 Å². The van der Waals surface area contributed by atoms with Gasteiger partial charge in [-0.25, -0.2) is 0 Å². The van der Waals surface area contributed by atoms with E-state index < -0.39 is 24.1 Å². The van der Waals surface area contributed by atoms with Gasteiger partial charge in [0.25, 0.3) is 0 Å². The quantitative estimate of drug-likeness (QED) is 0.328. The molecule has 1 atom stereocenters. The maximum absolute atomic E-state index is 12.4. The highest BCUT2D eigenvalue weighted by atomic mass is 16.7. The molecule has 0 heterocycles. The number of aliphatic carboxylic acids is 1. The van der Waals surface area contributed by atoms with Crippen molar-refractivity contribution in [3.63, 3.8) is 0 Å². The molecule has 1 amide bonds. The molecule has 1 unspecified atom stereocenters. The lowest BCUT2D eigenvalue weighted by Gasteiger charge is -2.27. The Kier molecular flexibility index (Phi) is 9.61. The summed E-state index contributed by atoms with van der Waals surface area (Å²) in [4.78, 5) is 36.8. The summed E-state index contributed by atoms with van der Waals surface area (Å²) in [5, 5.41) is 9.09. The molecule has 0 radical (unpaired) electrons. The molecule has 8 heteroatoms. The summed E-state index contributed by atoms with van der Waals surface area (Å²) >= 11 is 0. The van der Waals surface area contributed by atoms with E-state index in [1.54, 1.807) is 24.3 Å². The molecule has 0 fully saturated rings. The Morgan fingerprint density at radius 2 is 1.61 bits per heavy atom. The summed E-state index contributed by atoms with van der Waals surface area (Å²) in [7, 11) is 2.88. The van der Waals surface area contributed by atoms with Crippen LogP contribution in [0.25, 0.3) is 0 Å². The SMILES string of the molecule is COC(CN(CCOc1ccc(C(=O)C(C)C)cc1)C(=O)C(C)C(=O)O)OC. The summed E-state index contributed by atoms with van der Waals surface area (Å²) < 4.78 is 15.8. The Bertz CT molecular complexity index is 653. The Labute approximate surface area is 165 Å². The molecule has 28 heavy (non-hydrogen) atoms. The molecule has 1 aromatic carbocycles. The van der Waals surface area contributed by atoms with Gasteiger partial charge in [0.1, 0.15) is 18.3 Å². The second kappa shape index (κ2) is 11.4. The lowest BCUT2D eigenvalue weighted by atomic mass is 10.0. The van der Waals surface area contributed by atoms with Crippen LogP contribution in [0.3, 0.4) is 0 Å². The highest BCUT2D eigenvalue weighted by Crippen LogP contribution is 2.15. The van der Waals surface area contributed by atoms with Crippen molar-refractivity contribution in [2.45, 2.75) is 27.1 Å². The zero-order valence-electron chi connectivity index (χ0n) is 17.0. The minimum Gasteiger partial charge on any atom is -0.492 e. The number of hydrogen-bond acceptors (Lipinski definition) is 6. The molecule has 0 saturated heterocycles. The Morgan fingerprint density at radius 1 is 1.04 bits per heavy atom. The number of carbonyl (C=O) groups is 3. The first-order valence-corrected chi connectivity index (χ1v) is 9.05. The van der Waals surface area contributed by atoms with Crippen LogP contribution in [0, 0.1) is 11.8 Å². The van der Waals surface area contributed by atoms with Crippen LogP contribution in [0.4, 0.5) is 0 Å². The third-order valence-electron chi connectivity index (χ3n) is 4.24. The van der Waals surface area contributed by atoms with Crippen LogP contribution >= 0.6 is 0 Å². The summed E-state index contributed by atoms with van der Waals surface area (Å²) in [6.07, 6.45) is -0.675. The van der Waals surface area contributed by atoms with Gasteiger partial charge in [-0.3, -0.25) is 14.4 Å². The second-order valence-corrected chi connectivity index (χ2v) is 6.64. The smallest absolute Gasteiger partial charge is 0.315 e. The topological polar surface area (TPSA) is 102 Å². The van der Waals surface area contributed by atoms with Crippen molar-refractivity contribution < 1.29 is 33.7 Å². The number of benzene rings is 1. The second-order valence-electron chi connectivity index (χ2n) is 6.64. The van der Waals surface area contributed by atoms with Gasteiger partial charge in [-0.05, 0) is 31.2 Å². The summed E-state index contributed by atoms with van der Waals surface area (Å²) in [5.41, 5.74) is 0.609. The van der Waals surface area contributed by atoms with Crippen molar-refractivity contribution in [1.29, 1.82) is 0 Å². The molecule has 156 valence electrons. The minimum atomic E-state index is -1.20. The molecular weight excluding hydrogens is 366 g/mol. The normalized spacial score (nSPS) is 12.1. The van der Waals surface area contributed by atoms with Gasteiger partial charge in [0.05, 0.1) is 13.1 Å². The van der Waals surface area contributed by atoms with Crippen LogP contribution in [0.15, 0.2) is 24.3 Å². The summed E-state index contributed by atoms with van der Waals surface area (Å²) in [6.45, 7) is 5.39. The highest BCUT2D eigenvalue weighted by molar-refractivity contribution is 5.97. The van der Waals surface area contributed by atoms with E-state index in [9.17, 15) is 14.4 Å². The zero-order valence-corrected chi connectivity index (χ0v) is 17.0. The van der Waals surface area contributed by atoms with E-state index in [2.05, 4.69) is 0 Å². The van der Waals surface area contributed by atoms with E-state index in [0.717, 1.165) is 0 Å². The van der Waals surface area contributed by atoms with Crippen LogP contribution < -0.4 is 4.74 Å². The van der Waals surface area contributed by atoms with Crippen molar-refractivity contribution >= 4 is 17.7 Å². The van der Waals surface area contributed by atoms with Crippen LogP contribution in [0.2, 0.25) is 0 Å². The molecule has 0 bridgehead atoms. The number of hydrogen-bond donors (Lipinski definition) is 1. The maximum Gasteiger partial charge on any atom is 0.315 e. The van der Waals surface area contributed by atoms with Gasteiger partial charge >= 0.3 is 5.97 Å². The molecule has 1 aromatic rings. The van der Waals surface area contributed by atoms with E-state index in [1.165, 1.54) is 26.0 Å². The van der Waals surface area contributed by atoms with Crippen molar-refractivity contribution in [3.05, 3.63) is 29.8 Å². The van der Waals surface area contributed by atoms with E-state index >= 15 is 0 Å². The maximum atomic E-state index is 12.4. The van der Waals surface area contributed by atoms with E-state index in [0.29, 0.717) is 11.3 Å². The Balaban J connectivity index is 2.72. The summed E-state index contributed by atoms with van der Waals surface area (Å²) in [5.74, 6) is -2.42. The number of rotatable bonds is 12. The van der Waals surface area contributed by atoms with Crippen LogP contribution in [0.5, 0.6) is 5.75 Å². The van der Waals surface area contributed by atoms with Gasteiger partial charge in [-0.2, -0.15) is 0 Å². The highest BCUT2D eigenvalue weighted by Gasteiger charge is 2.28. The molecule has 0 aliphatic carbocycles. The van der Waals surface area contributed by atoms with E-state index in [1.807, 2.05) is 13.8 Å². The van der Waals surface area contributed by atoms with Crippen molar-refractivity contribution in [2.24, 2.45) is 11.8 Å². The van der Waals surface area contributed by atoms with E-state index in [-0.39, 0.29) is 31.4 Å². The molecule has 1 N–H and O–H groups in total. The predicted molar refractivity (Wildman–Crippen MR) is 102 cm³/mol. The first-order chi connectivity index (χ1) is 13.2. The first-order valence-electron chi connectivity index (χ1n) is 9.05. The molecule has 0 aliphatic rings. The van der Waals surface area contributed by atoms with Gasteiger partial charge in [0.15, 0.2) is 12.1 Å². The Hall–Kier alpha value is -2.45. The van der Waals surface area contributed by atoms with Gasteiger partial charge in [0.2, 0.25) is 5.91 Å². The third kappa shape index (κ3) is 6.94. The third-order valence-corrected chi connectivity index (χ3v) is 4.24. The predicted octanol–water partition coefficient (Wildman–Crippen LogP) is 2.07. The fraction of sp³-hybridized carbons (Fsp3) is 0.550. The van der Waals surface area contributed by atoms with Crippen LogP contribution in [0.1, 0.15) is 31.1 Å². The number of carboxylic acid groups (broad SMARTS) is 1. The number of carbonyl (C=O) groups excluding carboxylic acids is 2. The lowest BCUT2D eigenvalue weighted by molar-refractivity contribution is -0.157. The number of nitrogens with zero attached hydrogens (tertiary/aromatic N) is 1. The molecule has 0 aliphatic heterocycles. The average Bonchev–Trinajstić information content (AvgIpc) is 2.69. The number of ether oxygens (including phenoxy) is 3. The van der Waals surface area contributed by atoms with Gasteiger partial charge < -0.3 is 24.2 Å². The fourth-order valence-electron chi connectivity index (χ4n) is 2.42. The monoisotopic (exact) mass is 395 g/mol. The van der Waals surface area contributed by atoms with Gasteiger partial charge in [-0.1, -0.05) is 13.8 Å². The molecule has 8 nitrogen and oxygen atoms in total. The number of ketones is 1. The number of amides is 1. The number of methoxy groups -OCH3 is 2. The van der Waals surface area contributed by atoms with Crippen molar-refractivity contribution in [3.8, 4) is 5.75 Å². The average molecular weight is 395 g/mol. The van der Waals surface area contributed by atoms with Crippen molar-refractivity contribution in [2.75, 3.05) is 33.9 Å². The van der Waals surface area contributed by atoms with Gasteiger partial charge in [-0.15, -0.1) is 0 Å². The largest absolute Gasteiger partial charge is 0.492 e. The zero-order chi connectivity index (χ0) is 21.3. The molecule has 0 spiro atoms. The lowest BCUT2D eigenvalue weighted by Crippen LogP contribution is -2.45. The summed E-state index contributed by atoms with van der Waals surface area (Å²) in [6, 6.07) is 6.77. The van der Waals surface area contributed by atoms with E-state index in [4.69, 9.17) is 19.3 Å². The minimum absolute atomic E-state index is 0.0520. The molecule has 0 saturated carbocycles. The molecule has 1 rings (SSSR count). The molecule has 0 aromatic heterocycles. The fourth-order valence-corrected chi connectivity index (χ4v) is 2.42. The number of Topliss-reactive ketones (excluding diaryl/α,β-unsaturated/α-hetero) is 1. The van der Waals surface area contributed by atoms with Crippen LogP contribution in [-0.4, -0.2) is 67.9 Å². The number of carboxylic acids is 1. The standard InChI is InChI=1S/C20H29NO7/c1-13(2)18(22)15-6-8-16(9-7-15)28-11-10-21(12-17(26-4)27-5)19(23)14(3)20(24)25/h6-9,13-14,17H,10-12H2,1-5H3,(H,24,25).